The Morgan fingerprint density at radius 1 is 1.07 bits per heavy atom. The summed E-state index contributed by atoms with van der Waals surface area (Å²) < 4.78 is 38.0. The molecule has 2 aliphatic rings. The molecule has 218 valence electrons. The molecule has 1 amide bonds. The van der Waals surface area contributed by atoms with Crippen LogP contribution in [-0.4, -0.2) is 44.4 Å². The number of benzene rings is 3. The highest BCUT2D eigenvalue weighted by Crippen LogP contribution is 2.47. The van der Waals surface area contributed by atoms with Crippen LogP contribution in [0.3, 0.4) is 0 Å². The summed E-state index contributed by atoms with van der Waals surface area (Å²) in [5.41, 5.74) is 4.66. The fraction of sp³-hybridized carbons (Fsp3) is 0.424. The second kappa shape index (κ2) is 12.8. The van der Waals surface area contributed by atoms with E-state index < -0.39 is 0 Å². The predicted octanol–water partition coefficient (Wildman–Crippen LogP) is 6.65. The van der Waals surface area contributed by atoms with Gasteiger partial charge in [-0.15, -0.1) is 0 Å². The number of hydrogen-bond acceptors (Lipinski definition) is 6. The zero-order valence-corrected chi connectivity index (χ0v) is 24.3. The maximum atomic E-state index is 15.5. The molecular formula is C33H39FN2O5. The number of para-hydroxylation sites is 1. The van der Waals surface area contributed by atoms with Crippen molar-refractivity contribution < 1.29 is 28.1 Å². The first-order valence-electron chi connectivity index (χ1n) is 14.5. The highest BCUT2D eigenvalue weighted by atomic mass is 19.1. The molecule has 5 rings (SSSR count). The van der Waals surface area contributed by atoms with Gasteiger partial charge in [-0.3, -0.25) is 9.69 Å². The Balaban J connectivity index is 1.43. The third-order valence-corrected chi connectivity index (χ3v) is 7.97. The topological polar surface area (TPSA) is 69.3 Å². The van der Waals surface area contributed by atoms with Crippen molar-refractivity contribution >= 4 is 11.6 Å². The van der Waals surface area contributed by atoms with Gasteiger partial charge in [0.25, 0.3) is 0 Å². The van der Waals surface area contributed by atoms with E-state index in [1.165, 1.54) is 6.07 Å². The number of likely N-dealkylation sites (tertiary alicyclic amines) is 1. The maximum absolute atomic E-state index is 15.5. The number of methoxy groups -OCH3 is 1. The first-order valence-corrected chi connectivity index (χ1v) is 14.5. The van der Waals surface area contributed by atoms with E-state index in [-0.39, 0.29) is 37.0 Å². The van der Waals surface area contributed by atoms with Crippen LogP contribution in [0.5, 0.6) is 23.0 Å². The smallest absolute Gasteiger partial charge is 0.238 e. The zero-order valence-electron chi connectivity index (χ0n) is 24.3. The molecule has 0 saturated carbocycles. The average Bonchev–Trinajstić information content (AvgIpc) is 3.63. The fourth-order valence-corrected chi connectivity index (χ4v) is 5.88. The number of halogens is 1. The lowest BCUT2D eigenvalue weighted by atomic mass is 9.93. The molecule has 0 spiro atoms. The number of carbonyl (C=O) groups excluding carboxylic acids is 1. The minimum absolute atomic E-state index is 0.0285. The van der Waals surface area contributed by atoms with Crippen molar-refractivity contribution in [2.24, 2.45) is 0 Å². The normalized spacial score (nSPS) is 18.0. The molecule has 3 aromatic rings. The van der Waals surface area contributed by atoms with Gasteiger partial charge in [0.2, 0.25) is 18.4 Å². The van der Waals surface area contributed by atoms with E-state index in [2.05, 4.69) is 24.1 Å². The quantitative estimate of drug-likeness (QED) is 0.282. The Labute approximate surface area is 241 Å². The monoisotopic (exact) mass is 562 g/mol. The van der Waals surface area contributed by atoms with Crippen molar-refractivity contribution in [3.63, 3.8) is 0 Å². The molecule has 8 heteroatoms. The van der Waals surface area contributed by atoms with E-state index in [0.717, 1.165) is 41.6 Å². The van der Waals surface area contributed by atoms with Gasteiger partial charge in [0, 0.05) is 29.9 Å². The first-order chi connectivity index (χ1) is 19.9. The van der Waals surface area contributed by atoms with Crippen molar-refractivity contribution in [2.45, 2.75) is 58.4 Å². The molecule has 3 aromatic carbocycles. The van der Waals surface area contributed by atoms with E-state index in [1.54, 1.807) is 13.2 Å². The number of carbonyl (C=O) groups is 1. The third-order valence-electron chi connectivity index (χ3n) is 7.97. The van der Waals surface area contributed by atoms with Crippen molar-refractivity contribution in [2.75, 3.05) is 38.9 Å². The second-order valence-corrected chi connectivity index (χ2v) is 10.6. The summed E-state index contributed by atoms with van der Waals surface area (Å²) in [5.74, 6) is 1.93. The second-order valence-electron chi connectivity index (χ2n) is 10.6. The summed E-state index contributed by atoms with van der Waals surface area (Å²) in [5, 5.41) is 3.18. The summed E-state index contributed by atoms with van der Waals surface area (Å²) in [7, 11) is 1.60. The summed E-state index contributed by atoms with van der Waals surface area (Å²) in [6.07, 6.45) is 3.12. The summed E-state index contributed by atoms with van der Waals surface area (Å²) in [6, 6.07) is 14.8. The molecule has 0 aromatic heterocycles. The summed E-state index contributed by atoms with van der Waals surface area (Å²) in [6.45, 7) is 7.57. The van der Waals surface area contributed by atoms with Crippen LogP contribution in [0.4, 0.5) is 10.1 Å². The van der Waals surface area contributed by atoms with Crippen molar-refractivity contribution in [3.8, 4) is 23.0 Å². The maximum Gasteiger partial charge on any atom is 0.238 e. The van der Waals surface area contributed by atoms with Crippen LogP contribution < -0.4 is 24.3 Å². The van der Waals surface area contributed by atoms with E-state index in [1.807, 2.05) is 43.3 Å². The molecule has 1 N–H and O–H groups in total. The number of nitrogens with one attached hydrogen (secondary N) is 1. The van der Waals surface area contributed by atoms with Gasteiger partial charge in [0.05, 0.1) is 20.3 Å². The predicted molar refractivity (Wildman–Crippen MR) is 157 cm³/mol. The Morgan fingerprint density at radius 3 is 2.54 bits per heavy atom. The average molecular weight is 563 g/mol. The van der Waals surface area contributed by atoms with E-state index in [9.17, 15) is 4.79 Å². The SMILES string of the molecule is CCCOc1ccc([C@H]2CC(c3cc(OC)c4c(c3)OCO4)CN2CC(=O)Nc2c(CC)cccc2CC)c(F)c1. The van der Waals surface area contributed by atoms with Crippen LogP contribution in [-0.2, 0) is 17.6 Å². The standard InChI is InChI=1S/C33H39FN2O5/c1-5-13-39-25-11-12-26(27(34)17-25)28-14-24(23-15-29(38-4)33-30(16-23)40-20-41-33)18-36(28)19-31(37)35-32-21(6-2)9-8-10-22(32)7-3/h8-12,15-17,24,28H,5-7,13-14,18-20H2,1-4H3,(H,35,37)/t24?,28-/m1/s1. The summed E-state index contributed by atoms with van der Waals surface area (Å²) in [4.78, 5) is 15.6. The van der Waals surface area contributed by atoms with Gasteiger partial charge in [-0.2, -0.15) is 0 Å². The molecule has 7 nitrogen and oxygen atoms in total. The van der Waals surface area contributed by atoms with E-state index in [0.29, 0.717) is 48.1 Å². The Kier molecular flexibility index (Phi) is 8.98. The minimum atomic E-state index is -0.331. The summed E-state index contributed by atoms with van der Waals surface area (Å²) >= 11 is 0. The van der Waals surface area contributed by atoms with Gasteiger partial charge in [0.1, 0.15) is 11.6 Å². The van der Waals surface area contributed by atoms with Gasteiger partial charge < -0.3 is 24.3 Å². The number of aryl methyl sites for hydroxylation is 2. The molecule has 2 heterocycles. The third kappa shape index (κ3) is 6.12. The number of fused-ring (bicyclic) bond motifs is 1. The van der Waals surface area contributed by atoms with Crippen LogP contribution in [0.15, 0.2) is 48.5 Å². The Hall–Kier alpha value is -3.78. The lowest BCUT2D eigenvalue weighted by molar-refractivity contribution is -0.117. The highest BCUT2D eigenvalue weighted by Gasteiger charge is 2.37. The van der Waals surface area contributed by atoms with Crippen LogP contribution in [0.1, 0.15) is 67.8 Å². The minimum Gasteiger partial charge on any atom is -0.494 e. The number of ether oxygens (including phenoxy) is 4. The van der Waals surface area contributed by atoms with Crippen molar-refractivity contribution in [1.29, 1.82) is 0 Å². The van der Waals surface area contributed by atoms with Crippen LogP contribution in [0.25, 0.3) is 0 Å². The van der Waals surface area contributed by atoms with Gasteiger partial charge in [-0.1, -0.05) is 45.0 Å². The van der Waals surface area contributed by atoms with Crippen LogP contribution in [0, 0.1) is 5.82 Å². The molecule has 0 aliphatic carbocycles. The number of nitrogens with zero attached hydrogens (tertiary/aromatic N) is 1. The number of hydrogen-bond donors (Lipinski definition) is 1. The van der Waals surface area contributed by atoms with E-state index >= 15 is 4.39 Å². The molecule has 2 atom stereocenters. The largest absolute Gasteiger partial charge is 0.494 e. The molecule has 0 radical (unpaired) electrons. The van der Waals surface area contributed by atoms with Gasteiger partial charge in [-0.05, 0) is 66.5 Å². The molecule has 1 unspecified atom stereocenters. The Morgan fingerprint density at radius 2 is 1.85 bits per heavy atom. The van der Waals surface area contributed by atoms with Crippen LogP contribution in [0.2, 0.25) is 0 Å². The number of amides is 1. The Bertz CT molecular complexity index is 1370. The van der Waals surface area contributed by atoms with Crippen LogP contribution >= 0.6 is 0 Å². The fourth-order valence-electron chi connectivity index (χ4n) is 5.88. The number of rotatable bonds is 11. The first kappa shape index (κ1) is 28.7. The molecule has 0 bridgehead atoms. The molecule has 1 fully saturated rings. The van der Waals surface area contributed by atoms with Gasteiger partial charge in [0.15, 0.2) is 11.5 Å². The highest BCUT2D eigenvalue weighted by molar-refractivity contribution is 5.94. The van der Waals surface area contributed by atoms with Gasteiger partial charge >= 0.3 is 0 Å². The molecular weight excluding hydrogens is 523 g/mol. The zero-order chi connectivity index (χ0) is 28.9. The van der Waals surface area contributed by atoms with Crippen molar-refractivity contribution in [1.82, 2.24) is 4.90 Å². The molecule has 41 heavy (non-hydrogen) atoms. The molecule has 2 aliphatic heterocycles. The molecule has 1 saturated heterocycles. The lowest BCUT2D eigenvalue weighted by Gasteiger charge is -2.25. The lowest BCUT2D eigenvalue weighted by Crippen LogP contribution is -2.34. The number of anilines is 1. The van der Waals surface area contributed by atoms with Gasteiger partial charge in [-0.25, -0.2) is 4.39 Å². The van der Waals surface area contributed by atoms with Crippen molar-refractivity contribution in [3.05, 3.63) is 76.6 Å². The van der Waals surface area contributed by atoms with E-state index in [4.69, 9.17) is 18.9 Å².